The molecule has 2 fully saturated rings. The first-order valence-electron chi connectivity index (χ1n) is 9.37. The summed E-state index contributed by atoms with van der Waals surface area (Å²) in [6.45, 7) is 3.70. The van der Waals surface area contributed by atoms with E-state index in [1.54, 1.807) is 0 Å². The SMILES string of the molecule is C[C@H](NC(=O)C[NH+]1CCN(S(=O)(=O)c2ccc(C(F)(F)F)cc2)CC1)C1CC1. The number of nitrogens with one attached hydrogen (secondary N) is 2. The van der Waals surface area contributed by atoms with Gasteiger partial charge in [-0.2, -0.15) is 17.5 Å². The fourth-order valence-electron chi connectivity index (χ4n) is 3.43. The summed E-state index contributed by atoms with van der Waals surface area (Å²) in [6.07, 6.45) is -2.21. The van der Waals surface area contributed by atoms with Gasteiger partial charge in [0.05, 0.1) is 36.6 Å². The molecule has 1 aliphatic heterocycles. The highest BCUT2D eigenvalue weighted by Gasteiger charge is 2.34. The summed E-state index contributed by atoms with van der Waals surface area (Å²) in [6, 6.07) is 3.71. The molecule has 1 atom stereocenters. The van der Waals surface area contributed by atoms with Gasteiger partial charge in [0.2, 0.25) is 10.0 Å². The van der Waals surface area contributed by atoms with E-state index >= 15 is 0 Å². The number of carbonyl (C=O) groups is 1. The number of quaternary nitrogens is 1. The minimum absolute atomic E-state index is 0.0338. The summed E-state index contributed by atoms with van der Waals surface area (Å²) >= 11 is 0. The van der Waals surface area contributed by atoms with Crippen LogP contribution in [-0.4, -0.2) is 57.4 Å². The van der Waals surface area contributed by atoms with Crippen molar-refractivity contribution < 1.29 is 31.3 Å². The molecule has 156 valence electrons. The maximum atomic E-state index is 12.7. The van der Waals surface area contributed by atoms with Crippen LogP contribution in [0.5, 0.6) is 0 Å². The first kappa shape index (κ1) is 21.1. The van der Waals surface area contributed by atoms with Gasteiger partial charge in [-0.15, -0.1) is 0 Å². The van der Waals surface area contributed by atoms with Gasteiger partial charge in [0, 0.05) is 6.04 Å². The second-order valence-electron chi connectivity index (χ2n) is 7.55. The summed E-state index contributed by atoms with van der Waals surface area (Å²) in [5, 5.41) is 2.99. The molecule has 6 nitrogen and oxygen atoms in total. The van der Waals surface area contributed by atoms with Crippen LogP contribution in [0.25, 0.3) is 0 Å². The minimum Gasteiger partial charge on any atom is -0.348 e. The summed E-state index contributed by atoms with van der Waals surface area (Å²) in [7, 11) is -3.85. The Balaban J connectivity index is 1.53. The molecule has 1 saturated carbocycles. The van der Waals surface area contributed by atoms with E-state index in [2.05, 4.69) is 5.32 Å². The van der Waals surface area contributed by atoms with Crippen LogP contribution in [0.3, 0.4) is 0 Å². The number of halogens is 3. The topological polar surface area (TPSA) is 70.9 Å². The molecule has 0 aromatic heterocycles. The molecule has 0 unspecified atom stereocenters. The predicted octanol–water partition coefficient (Wildman–Crippen LogP) is 0.509. The van der Waals surface area contributed by atoms with Crippen molar-refractivity contribution in [2.75, 3.05) is 32.7 Å². The lowest BCUT2D eigenvalue weighted by Crippen LogP contribution is -3.15. The van der Waals surface area contributed by atoms with Crippen molar-refractivity contribution >= 4 is 15.9 Å². The van der Waals surface area contributed by atoms with E-state index in [1.807, 2.05) is 6.92 Å². The van der Waals surface area contributed by atoms with E-state index in [0.29, 0.717) is 25.6 Å². The normalized spacial score (nSPS) is 20.7. The summed E-state index contributed by atoms with van der Waals surface area (Å²) in [4.78, 5) is 13.0. The Labute approximate surface area is 162 Å². The second-order valence-corrected chi connectivity index (χ2v) is 9.48. The van der Waals surface area contributed by atoms with Crippen LogP contribution < -0.4 is 10.2 Å². The number of nitrogens with zero attached hydrogens (tertiary/aromatic N) is 1. The van der Waals surface area contributed by atoms with Gasteiger partial charge in [-0.05, 0) is 49.9 Å². The Kier molecular flexibility index (Phi) is 6.02. The average molecular weight is 420 g/mol. The smallest absolute Gasteiger partial charge is 0.348 e. The summed E-state index contributed by atoms with van der Waals surface area (Å²) in [5.74, 6) is 0.540. The van der Waals surface area contributed by atoms with Crippen molar-refractivity contribution in [1.82, 2.24) is 9.62 Å². The fourth-order valence-corrected chi connectivity index (χ4v) is 4.87. The van der Waals surface area contributed by atoms with Crippen LogP contribution in [0.4, 0.5) is 13.2 Å². The lowest BCUT2D eigenvalue weighted by atomic mass is 10.2. The number of hydrogen-bond acceptors (Lipinski definition) is 3. The van der Waals surface area contributed by atoms with Crippen molar-refractivity contribution in [2.45, 2.75) is 36.9 Å². The van der Waals surface area contributed by atoms with Crippen LogP contribution in [-0.2, 0) is 21.0 Å². The van der Waals surface area contributed by atoms with Crippen molar-refractivity contribution in [2.24, 2.45) is 5.92 Å². The summed E-state index contributed by atoms with van der Waals surface area (Å²) < 4.78 is 64.5. The quantitative estimate of drug-likeness (QED) is 0.705. The number of sulfonamides is 1. The third-order valence-electron chi connectivity index (χ3n) is 5.38. The van der Waals surface area contributed by atoms with Crippen molar-refractivity contribution in [3.05, 3.63) is 29.8 Å². The van der Waals surface area contributed by atoms with E-state index in [1.165, 1.54) is 4.31 Å². The number of benzene rings is 1. The fraction of sp³-hybridized carbons (Fsp3) is 0.611. The Bertz CT molecular complexity index is 800. The van der Waals surface area contributed by atoms with Crippen LogP contribution in [0.15, 0.2) is 29.2 Å². The molecule has 3 rings (SSSR count). The zero-order valence-electron chi connectivity index (χ0n) is 15.6. The zero-order chi connectivity index (χ0) is 20.5. The van der Waals surface area contributed by atoms with Crippen molar-refractivity contribution in [3.8, 4) is 0 Å². The number of alkyl halides is 3. The van der Waals surface area contributed by atoms with Crippen molar-refractivity contribution in [1.29, 1.82) is 0 Å². The molecule has 1 heterocycles. The van der Waals surface area contributed by atoms with Gasteiger partial charge < -0.3 is 10.2 Å². The molecular formula is C18H25F3N3O3S+. The van der Waals surface area contributed by atoms with E-state index in [0.717, 1.165) is 42.0 Å². The maximum absolute atomic E-state index is 12.7. The molecule has 2 aliphatic rings. The molecule has 28 heavy (non-hydrogen) atoms. The monoisotopic (exact) mass is 420 g/mol. The number of rotatable bonds is 6. The lowest BCUT2D eigenvalue weighted by Gasteiger charge is -2.31. The van der Waals surface area contributed by atoms with Gasteiger partial charge in [0.25, 0.3) is 5.91 Å². The van der Waals surface area contributed by atoms with E-state index in [-0.39, 0.29) is 29.9 Å². The molecule has 0 bridgehead atoms. The average Bonchev–Trinajstić information content (AvgIpc) is 3.46. The van der Waals surface area contributed by atoms with E-state index < -0.39 is 21.8 Å². The largest absolute Gasteiger partial charge is 0.416 e. The highest BCUT2D eigenvalue weighted by atomic mass is 32.2. The molecule has 0 radical (unpaired) electrons. The maximum Gasteiger partial charge on any atom is 0.416 e. The third-order valence-corrected chi connectivity index (χ3v) is 7.29. The van der Waals surface area contributed by atoms with Gasteiger partial charge in [0.1, 0.15) is 0 Å². The number of carbonyl (C=O) groups excluding carboxylic acids is 1. The third kappa shape index (κ3) is 5.03. The number of amides is 1. The zero-order valence-corrected chi connectivity index (χ0v) is 16.4. The van der Waals surface area contributed by atoms with Crippen LogP contribution in [0.1, 0.15) is 25.3 Å². The lowest BCUT2D eigenvalue weighted by molar-refractivity contribution is -0.895. The Morgan fingerprint density at radius 1 is 1.21 bits per heavy atom. The molecule has 0 spiro atoms. The molecule has 1 saturated heterocycles. The molecule has 1 amide bonds. The number of hydrogen-bond donors (Lipinski definition) is 2. The van der Waals surface area contributed by atoms with E-state index in [9.17, 15) is 26.4 Å². The molecule has 1 aliphatic carbocycles. The highest BCUT2D eigenvalue weighted by molar-refractivity contribution is 7.89. The van der Waals surface area contributed by atoms with Gasteiger partial charge in [-0.25, -0.2) is 8.42 Å². The first-order valence-corrected chi connectivity index (χ1v) is 10.8. The van der Waals surface area contributed by atoms with Crippen LogP contribution in [0.2, 0.25) is 0 Å². The Morgan fingerprint density at radius 2 is 1.79 bits per heavy atom. The molecule has 10 heteroatoms. The Hall–Kier alpha value is -1.65. The van der Waals surface area contributed by atoms with Gasteiger partial charge in [-0.1, -0.05) is 0 Å². The molecular weight excluding hydrogens is 395 g/mol. The molecule has 2 N–H and O–H groups in total. The standard InChI is InChI=1S/C18H24F3N3O3S/c1-13(14-2-3-14)22-17(25)12-23-8-10-24(11-9-23)28(26,27)16-6-4-15(5-7-16)18(19,20)21/h4-7,13-14H,2-3,8-12H2,1H3,(H,22,25)/p+1/t13-/m0/s1. The highest BCUT2D eigenvalue weighted by Crippen LogP contribution is 2.32. The predicted molar refractivity (Wildman–Crippen MR) is 96.1 cm³/mol. The molecule has 1 aromatic rings. The van der Waals surface area contributed by atoms with Gasteiger partial charge in [0.15, 0.2) is 6.54 Å². The van der Waals surface area contributed by atoms with Gasteiger partial charge >= 0.3 is 6.18 Å². The van der Waals surface area contributed by atoms with Crippen LogP contribution in [0, 0.1) is 5.92 Å². The Morgan fingerprint density at radius 3 is 2.29 bits per heavy atom. The van der Waals surface area contributed by atoms with Crippen LogP contribution >= 0.6 is 0 Å². The molecule has 1 aromatic carbocycles. The van der Waals surface area contributed by atoms with E-state index in [4.69, 9.17) is 0 Å². The van der Waals surface area contributed by atoms with Crippen molar-refractivity contribution in [3.63, 3.8) is 0 Å². The first-order chi connectivity index (χ1) is 13.1. The van der Waals surface area contributed by atoms with Gasteiger partial charge in [-0.3, -0.25) is 4.79 Å². The second kappa shape index (κ2) is 8.00. The minimum atomic E-state index is -4.51. The number of piperazine rings is 1. The summed E-state index contributed by atoms with van der Waals surface area (Å²) in [5.41, 5.74) is -0.882.